The maximum atomic E-state index is 14.3. The van der Waals surface area contributed by atoms with Gasteiger partial charge in [-0.15, -0.1) is 0 Å². The molecule has 0 aliphatic heterocycles. The van der Waals surface area contributed by atoms with Crippen molar-refractivity contribution >= 4 is 0 Å². The van der Waals surface area contributed by atoms with Gasteiger partial charge < -0.3 is 0 Å². The predicted molar refractivity (Wildman–Crippen MR) is 61.5 cm³/mol. The summed E-state index contributed by atoms with van der Waals surface area (Å²) in [6.45, 7) is 6.80. The molecule has 3 atom stereocenters. The van der Waals surface area contributed by atoms with Gasteiger partial charge in [-0.2, -0.15) is 13.9 Å². The van der Waals surface area contributed by atoms with Crippen molar-refractivity contribution in [3.8, 4) is 0 Å². The lowest BCUT2D eigenvalue weighted by Crippen LogP contribution is -2.30. The molecule has 1 unspecified atom stereocenters. The van der Waals surface area contributed by atoms with Crippen LogP contribution >= 0.6 is 0 Å². The molecule has 1 fully saturated rings. The van der Waals surface area contributed by atoms with E-state index in [1.54, 1.807) is 0 Å². The van der Waals surface area contributed by atoms with E-state index in [-0.39, 0.29) is 17.3 Å². The van der Waals surface area contributed by atoms with Gasteiger partial charge in [0.2, 0.25) is 0 Å². The quantitative estimate of drug-likeness (QED) is 0.747. The molecule has 3 rings (SSSR count). The molecule has 100 valence electrons. The van der Waals surface area contributed by atoms with Crippen LogP contribution in [0.4, 0.5) is 13.2 Å². The van der Waals surface area contributed by atoms with Gasteiger partial charge in [0.15, 0.2) is 0 Å². The summed E-state index contributed by atoms with van der Waals surface area (Å²) < 4.78 is 43.5. The van der Waals surface area contributed by atoms with Crippen molar-refractivity contribution in [3.05, 3.63) is 17.0 Å². The van der Waals surface area contributed by atoms with Crippen LogP contribution in [0.25, 0.3) is 0 Å². The zero-order valence-electron chi connectivity index (χ0n) is 11.0. The Morgan fingerprint density at radius 3 is 2.50 bits per heavy atom. The highest BCUT2D eigenvalue weighted by Gasteiger charge is 2.67. The van der Waals surface area contributed by atoms with E-state index >= 15 is 0 Å². The largest absolute Gasteiger partial charge is 0.293 e. The van der Waals surface area contributed by atoms with E-state index in [1.165, 1.54) is 11.6 Å². The molecule has 18 heavy (non-hydrogen) atoms. The molecule has 2 nitrogen and oxygen atoms in total. The average Bonchev–Trinajstić information content (AvgIpc) is 2.82. The summed E-state index contributed by atoms with van der Waals surface area (Å²) in [5, 5.41) is 4.14. The molecule has 0 N–H and O–H groups in total. The minimum Gasteiger partial charge on any atom is -0.258 e. The standard InChI is InChI=1S/C13H17F3N2/c1-6(14)10-9-7-5-8(7)13(15,16)11(9)18(17-10)12(2,3)4/h6-8H,5H2,1-4H3/t6?,7-,8+/m0/s1. The van der Waals surface area contributed by atoms with Crippen LogP contribution in [0.1, 0.15) is 63.2 Å². The maximum Gasteiger partial charge on any atom is 0.293 e. The first-order valence-electron chi connectivity index (χ1n) is 6.31. The zero-order chi connectivity index (χ0) is 13.5. The monoisotopic (exact) mass is 258 g/mol. The number of hydrogen-bond acceptors (Lipinski definition) is 1. The van der Waals surface area contributed by atoms with Gasteiger partial charge in [-0.1, -0.05) is 0 Å². The first-order valence-corrected chi connectivity index (χ1v) is 6.31. The van der Waals surface area contributed by atoms with Gasteiger partial charge in [0, 0.05) is 11.5 Å². The van der Waals surface area contributed by atoms with E-state index in [0.29, 0.717) is 12.0 Å². The normalized spacial score (nSPS) is 29.9. The third-order valence-corrected chi connectivity index (χ3v) is 3.91. The molecule has 2 aliphatic rings. The second kappa shape index (κ2) is 3.11. The Hall–Kier alpha value is -1.00. The van der Waals surface area contributed by atoms with E-state index < -0.39 is 23.6 Å². The Morgan fingerprint density at radius 2 is 2.00 bits per heavy atom. The molecule has 0 spiro atoms. The number of fused-ring (bicyclic) bond motifs is 3. The van der Waals surface area contributed by atoms with Gasteiger partial charge in [-0.05, 0) is 40.0 Å². The molecule has 0 aromatic carbocycles. The molecule has 1 heterocycles. The molecule has 0 saturated heterocycles. The van der Waals surface area contributed by atoms with E-state index in [9.17, 15) is 13.2 Å². The van der Waals surface area contributed by atoms with Crippen LogP contribution in [0.2, 0.25) is 0 Å². The SMILES string of the molecule is CC(F)c1nn(C(C)(C)C)c2c1[C@H]1C[C@H]1C2(F)F. The molecule has 0 radical (unpaired) electrons. The van der Waals surface area contributed by atoms with Crippen molar-refractivity contribution in [1.29, 1.82) is 0 Å². The van der Waals surface area contributed by atoms with Gasteiger partial charge in [-0.3, -0.25) is 4.68 Å². The lowest BCUT2D eigenvalue weighted by molar-refractivity contribution is -0.0342. The molecule has 0 bridgehead atoms. The Bertz CT molecular complexity index is 511. The summed E-state index contributed by atoms with van der Waals surface area (Å²) in [6.07, 6.45) is -0.826. The Kier molecular flexibility index (Phi) is 2.09. The summed E-state index contributed by atoms with van der Waals surface area (Å²) in [7, 11) is 0. The van der Waals surface area contributed by atoms with E-state index in [1.807, 2.05) is 20.8 Å². The Morgan fingerprint density at radius 1 is 1.39 bits per heavy atom. The third kappa shape index (κ3) is 1.33. The fourth-order valence-electron chi connectivity index (χ4n) is 3.00. The van der Waals surface area contributed by atoms with Crippen LogP contribution in [-0.4, -0.2) is 9.78 Å². The highest BCUT2D eigenvalue weighted by atomic mass is 19.3. The minimum atomic E-state index is -2.85. The van der Waals surface area contributed by atoms with Gasteiger partial charge >= 0.3 is 0 Å². The van der Waals surface area contributed by atoms with E-state index in [4.69, 9.17) is 0 Å². The molecule has 0 amide bonds. The summed E-state index contributed by atoms with van der Waals surface area (Å²) in [4.78, 5) is 0. The zero-order valence-corrected chi connectivity index (χ0v) is 11.0. The van der Waals surface area contributed by atoms with Crippen molar-refractivity contribution in [2.24, 2.45) is 5.92 Å². The molecular weight excluding hydrogens is 241 g/mol. The van der Waals surface area contributed by atoms with Crippen LogP contribution in [0, 0.1) is 5.92 Å². The fourth-order valence-corrected chi connectivity index (χ4v) is 3.00. The fraction of sp³-hybridized carbons (Fsp3) is 0.769. The van der Waals surface area contributed by atoms with Crippen molar-refractivity contribution < 1.29 is 13.2 Å². The second-order valence-electron chi connectivity index (χ2n) is 6.42. The molecule has 1 aromatic heterocycles. The number of rotatable bonds is 1. The van der Waals surface area contributed by atoms with Gasteiger partial charge in [0.1, 0.15) is 17.6 Å². The summed E-state index contributed by atoms with van der Waals surface area (Å²) in [6, 6.07) is 0. The molecule has 2 aliphatic carbocycles. The predicted octanol–water partition coefficient (Wildman–Crippen LogP) is 3.88. The highest BCUT2D eigenvalue weighted by Crippen LogP contribution is 2.68. The van der Waals surface area contributed by atoms with Crippen LogP contribution in [-0.2, 0) is 11.5 Å². The molecule has 1 saturated carbocycles. The van der Waals surface area contributed by atoms with Crippen LogP contribution in [0.3, 0.4) is 0 Å². The average molecular weight is 258 g/mol. The third-order valence-electron chi connectivity index (χ3n) is 3.91. The first-order chi connectivity index (χ1) is 8.15. The minimum absolute atomic E-state index is 0.0456. The van der Waals surface area contributed by atoms with Crippen LogP contribution in [0.15, 0.2) is 0 Å². The second-order valence-corrected chi connectivity index (χ2v) is 6.42. The lowest BCUT2D eigenvalue weighted by Gasteiger charge is -2.25. The topological polar surface area (TPSA) is 17.8 Å². The summed E-state index contributed by atoms with van der Waals surface area (Å²) >= 11 is 0. The molecule has 1 aromatic rings. The van der Waals surface area contributed by atoms with Crippen LogP contribution < -0.4 is 0 Å². The van der Waals surface area contributed by atoms with Crippen LogP contribution in [0.5, 0.6) is 0 Å². The number of hydrogen-bond donors (Lipinski definition) is 0. The van der Waals surface area contributed by atoms with Gasteiger partial charge in [0.05, 0.1) is 5.54 Å². The molecule has 5 heteroatoms. The number of aromatic nitrogens is 2. The lowest BCUT2D eigenvalue weighted by atomic mass is 10.0. The highest BCUT2D eigenvalue weighted by molar-refractivity contribution is 5.46. The summed E-state index contributed by atoms with van der Waals surface area (Å²) in [5.41, 5.74) is 0.0903. The first kappa shape index (κ1) is 12.1. The van der Waals surface area contributed by atoms with E-state index in [0.717, 1.165) is 0 Å². The number of alkyl halides is 3. The van der Waals surface area contributed by atoms with Gasteiger partial charge in [-0.25, -0.2) is 4.39 Å². The molecular formula is C13H17F3N2. The number of halogens is 3. The maximum absolute atomic E-state index is 14.3. The Labute approximate surface area is 104 Å². The van der Waals surface area contributed by atoms with E-state index in [2.05, 4.69) is 5.10 Å². The van der Waals surface area contributed by atoms with Crippen molar-refractivity contribution in [2.45, 2.75) is 57.7 Å². The number of nitrogens with zero attached hydrogens (tertiary/aromatic N) is 2. The summed E-state index contributed by atoms with van der Waals surface area (Å²) in [5.74, 6) is -3.66. The Balaban J connectivity index is 2.26. The van der Waals surface area contributed by atoms with Gasteiger partial charge in [0.25, 0.3) is 5.92 Å². The smallest absolute Gasteiger partial charge is 0.258 e. The van der Waals surface area contributed by atoms with Crippen molar-refractivity contribution in [3.63, 3.8) is 0 Å². The van der Waals surface area contributed by atoms with Crippen molar-refractivity contribution in [1.82, 2.24) is 9.78 Å². The van der Waals surface area contributed by atoms with Crippen molar-refractivity contribution in [2.75, 3.05) is 0 Å².